The Hall–Kier alpha value is -0.830. The minimum Gasteiger partial charge on any atom is -0.469 e. The van der Waals surface area contributed by atoms with Crippen LogP contribution in [0, 0.1) is 0 Å². The van der Waals surface area contributed by atoms with Gasteiger partial charge in [0.05, 0.1) is 13.5 Å². The molecule has 0 aromatic heterocycles. The molecule has 0 saturated heterocycles. The Balaban J connectivity index is 2.35. The van der Waals surface area contributed by atoms with Gasteiger partial charge in [0.25, 0.3) is 0 Å². The minimum absolute atomic E-state index is 0.141. The van der Waals surface area contributed by atoms with Crippen molar-refractivity contribution >= 4 is 5.97 Å². The van der Waals surface area contributed by atoms with Crippen LogP contribution in [0.4, 0.5) is 0 Å². The van der Waals surface area contributed by atoms with E-state index in [4.69, 9.17) is 0 Å². The van der Waals surface area contributed by atoms with Gasteiger partial charge in [-0.05, 0) is 13.0 Å². The van der Waals surface area contributed by atoms with Gasteiger partial charge in [-0.25, -0.2) is 0 Å². The number of hydrogen-bond acceptors (Lipinski definition) is 3. The predicted octanol–water partition coefficient (Wildman–Crippen LogP) is 0.469. The van der Waals surface area contributed by atoms with Crippen molar-refractivity contribution in [2.75, 3.05) is 20.2 Å². The molecule has 0 spiro atoms. The highest BCUT2D eigenvalue weighted by molar-refractivity contribution is 5.72. The second-order valence-electron chi connectivity index (χ2n) is 2.57. The molecule has 0 aliphatic carbocycles. The van der Waals surface area contributed by atoms with Crippen LogP contribution >= 0.6 is 0 Å². The van der Waals surface area contributed by atoms with Crippen molar-refractivity contribution in [3.8, 4) is 0 Å². The smallest absolute Gasteiger partial charge is 0.309 e. The third-order valence-electron chi connectivity index (χ3n) is 1.76. The Morgan fingerprint density at radius 2 is 2.64 bits per heavy atom. The highest BCUT2D eigenvalue weighted by Gasteiger charge is 2.07. The van der Waals surface area contributed by atoms with E-state index in [1.807, 2.05) is 0 Å². The lowest BCUT2D eigenvalue weighted by Gasteiger charge is -2.12. The van der Waals surface area contributed by atoms with Crippen LogP contribution in [0.25, 0.3) is 0 Å². The first kappa shape index (κ1) is 8.27. The van der Waals surface area contributed by atoms with Gasteiger partial charge in [-0.1, -0.05) is 11.6 Å². The molecule has 0 radical (unpaired) electrons. The molecular formula is C8H13NO2. The standard InChI is InChI=1S/C8H13NO2/c1-11-8(10)6-7-2-4-9-5-3-7/h2,9H,3-6H2,1H3. The van der Waals surface area contributed by atoms with Crippen LogP contribution in [-0.2, 0) is 9.53 Å². The zero-order chi connectivity index (χ0) is 8.10. The molecule has 1 aliphatic heterocycles. The van der Waals surface area contributed by atoms with Crippen LogP contribution in [0.5, 0.6) is 0 Å². The second kappa shape index (κ2) is 4.13. The Kier molecular flexibility index (Phi) is 3.11. The first-order valence-electron chi connectivity index (χ1n) is 3.78. The number of nitrogens with one attached hydrogen (secondary N) is 1. The Morgan fingerprint density at radius 1 is 1.82 bits per heavy atom. The number of rotatable bonds is 2. The lowest BCUT2D eigenvalue weighted by molar-refractivity contribution is -0.139. The quantitative estimate of drug-likeness (QED) is 0.465. The number of ether oxygens (including phenoxy) is 1. The first-order chi connectivity index (χ1) is 5.33. The molecule has 11 heavy (non-hydrogen) atoms. The molecule has 62 valence electrons. The fourth-order valence-corrected chi connectivity index (χ4v) is 1.09. The first-order valence-corrected chi connectivity index (χ1v) is 3.78. The maximum absolute atomic E-state index is 10.8. The SMILES string of the molecule is COC(=O)CC1=CCNCC1. The van der Waals surface area contributed by atoms with Crippen LogP contribution in [0.2, 0.25) is 0 Å². The van der Waals surface area contributed by atoms with Gasteiger partial charge < -0.3 is 10.1 Å². The van der Waals surface area contributed by atoms with Gasteiger partial charge in [0.15, 0.2) is 0 Å². The van der Waals surface area contributed by atoms with Gasteiger partial charge in [0.2, 0.25) is 0 Å². The Bertz CT molecular complexity index is 175. The number of carbonyl (C=O) groups is 1. The summed E-state index contributed by atoms with van der Waals surface area (Å²) in [4.78, 5) is 10.8. The van der Waals surface area contributed by atoms with Crippen LogP contribution in [0.1, 0.15) is 12.8 Å². The minimum atomic E-state index is -0.141. The Labute approximate surface area is 66.4 Å². The van der Waals surface area contributed by atoms with Crippen molar-refractivity contribution < 1.29 is 9.53 Å². The summed E-state index contributed by atoms with van der Waals surface area (Å²) in [5.74, 6) is -0.141. The van der Waals surface area contributed by atoms with Crippen molar-refractivity contribution in [1.82, 2.24) is 5.32 Å². The van der Waals surface area contributed by atoms with Gasteiger partial charge in [-0.15, -0.1) is 0 Å². The average molecular weight is 155 g/mol. The summed E-state index contributed by atoms with van der Waals surface area (Å²) in [5, 5.41) is 3.18. The van der Waals surface area contributed by atoms with Gasteiger partial charge in [-0.2, -0.15) is 0 Å². The molecule has 1 aliphatic rings. The van der Waals surface area contributed by atoms with E-state index in [0.29, 0.717) is 6.42 Å². The maximum atomic E-state index is 10.8. The zero-order valence-electron chi connectivity index (χ0n) is 6.72. The van der Waals surface area contributed by atoms with E-state index in [0.717, 1.165) is 19.5 Å². The van der Waals surface area contributed by atoms with Crippen molar-refractivity contribution in [3.63, 3.8) is 0 Å². The molecule has 0 atom stereocenters. The molecule has 0 amide bonds. The number of esters is 1. The number of methoxy groups -OCH3 is 1. The summed E-state index contributed by atoms with van der Waals surface area (Å²) in [7, 11) is 1.42. The Morgan fingerprint density at radius 3 is 3.18 bits per heavy atom. The molecule has 1 rings (SSSR count). The third kappa shape index (κ3) is 2.72. The molecule has 3 heteroatoms. The third-order valence-corrected chi connectivity index (χ3v) is 1.76. The van der Waals surface area contributed by atoms with Crippen molar-refractivity contribution in [3.05, 3.63) is 11.6 Å². The number of carbonyl (C=O) groups excluding carboxylic acids is 1. The van der Waals surface area contributed by atoms with E-state index >= 15 is 0 Å². The molecule has 0 fully saturated rings. The molecular weight excluding hydrogens is 142 g/mol. The van der Waals surface area contributed by atoms with Crippen LogP contribution in [-0.4, -0.2) is 26.2 Å². The highest BCUT2D eigenvalue weighted by Crippen LogP contribution is 2.09. The molecule has 0 aromatic rings. The van der Waals surface area contributed by atoms with Crippen molar-refractivity contribution in [2.24, 2.45) is 0 Å². The van der Waals surface area contributed by atoms with E-state index in [9.17, 15) is 4.79 Å². The van der Waals surface area contributed by atoms with E-state index in [2.05, 4.69) is 16.1 Å². The second-order valence-corrected chi connectivity index (χ2v) is 2.57. The van der Waals surface area contributed by atoms with Crippen LogP contribution < -0.4 is 5.32 Å². The summed E-state index contributed by atoms with van der Waals surface area (Å²) in [6, 6.07) is 0. The highest BCUT2D eigenvalue weighted by atomic mass is 16.5. The summed E-state index contributed by atoms with van der Waals surface area (Å²) < 4.78 is 4.55. The lowest BCUT2D eigenvalue weighted by atomic mass is 10.1. The van der Waals surface area contributed by atoms with E-state index < -0.39 is 0 Å². The zero-order valence-corrected chi connectivity index (χ0v) is 6.72. The normalized spacial score (nSPS) is 17.4. The summed E-state index contributed by atoms with van der Waals surface area (Å²) >= 11 is 0. The molecule has 0 saturated carbocycles. The number of hydrogen-bond donors (Lipinski definition) is 1. The van der Waals surface area contributed by atoms with Crippen molar-refractivity contribution in [2.45, 2.75) is 12.8 Å². The van der Waals surface area contributed by atoms with Gasteiger partial charge in [-0.3, -0.25) is 4.79 Å². The van der Waals surface area contributed by atoms with Gasteiger partial charge >= 0.3 is 5.97 Å². The topological polar surface area (TPSA) is 38.3 Å². The lowest BCUT2D eigenvalue weighted by Crippen LogP contribution is -2.21. The summed E-state index contributed by atoms with van der Waals surface area (Å²) in [6.45, 7) is 1.86. The monoisotopic (exact) mass is 155 g/mol. The molecule has 0 aromatic carbocycles. The molecule has 0 bridgehead atoms. The maximum Gasteiger partial charge on any atom is 0.309 e. The van der Waals surface area contributed by atoms with E-state index in [-0.39, 0.29) is 5.97 Å². The van der Waals surface area contributed by atoms with E-state index in [1.54, 1.807) is 0 Å². The largest absolute Gasteiger partial charge is 0.469 e. The van der Waals surface area contributed by atoms with Crippen LogP contribution in [0.15, 0.2) is 11.6 Å². The predicted molar refractivity (Wildman–Crippen MR) is 42.2 cm³/mol. The molecule has 1 heterocycles. The van der Waals surface area contributed by atoms with Crippen LogP contribution in [0.3, 0.4) is 0 Å². The van der Waals surface area contributed by atoms with Gasteiger partial charge in [0, 0.05) is 6.54 Å². The fourth-order valence-electron chi connectivity index (χ4n) is 1.09. The molecule has 1 N–H and O–H groups in total. The molecule has 0 unspecified atom stereocenters. The van der Waals surface area contributed by atoms with Gasteiger partial charge in [0.1, 0.15) is 0 Å². The molecule has 3 nitrogen and oxygen atoms in total. The average Bonchev–Trinajstić information content (AvgIpc) is 2.06. The fraction of sp³-hybridized carbons (Fsp3) is 0.625. The van der Waals surface area contributed by atoms with Crippen molar-refractivity contribution in [1.29, 1.82) is 0 Å². The summed E-state index contributed by atoms with van der Waals surface area (Å²) in [5.41, 5.74) is 1.19. The summed E-state index contributed by atoms with van der Waals surface area (Å²) in [6.07, 6.45) is 3.48. The van der Waals surface area contributed by atoms with E-state index in [1.165, 1.54) is 12.7 Å².